The molecule has 1 atom stereocenters. The highest BCUT2D eigenvalue weighted by molar-refractivity contribution is 6.33. The maximum absolute atomic E-state index is 12.8. The van der Waals surface area contributed by atoms with E-state index >= 15 is 0 Å². The third-order valence-corrected chi connectivity index (χ3v) is 5.48. The minimum absolute atomic E-state index is 0.0325. The van der Waals surface area contributed by atoms with Gasteiger partial charge in [-0.2, -0.15) is 5.10 Å². The standard InChI is InChI=1S/C21H22ClN5O2/c1-25-21(29)27(16-9-3-2-4-10-16)19(24-25)15-8-7-13-26(14-15)20(28)23-18-12-6-5-11-17(18)22/h2-6,9-12,15H,7-8,13-14H2,1H3,(H,23,28). The van der Waals surface area contributed by atoms with Gasteiger partial charge in [-0.25, -0.2) is 18.8 Å². The van der Waals surface area contributed by atoms with Gasteiger partial charge >= 0.3 is 11.7 Å². The van der Waals surface area contributed by atoms with Crippen LogP contribution in [-0.2, 0) is 7.05 Å². The van der Waals surface area contributed by atoms with Gasteiger partial charge in [0.15, 0.2) is 0 Å². The predicted octanol–water partition coefficient (Wildman–Crippen LogP) is 3.64. The lowest BCUT2D eigenvalue weighted by molar-refractivity contribution is 0.191. The molecule has 0 radical (unpaired) electrons. The molecule has 29 heavy (non-hydrogen) atoms. The zero-order chi connectivity index (χ0) is 20.4. The van der Waals surface area contributed by atoms with E-state index in [2.05, 4.69) is 10.4 Å². The minimum Gasteiger partial charge on any atom is -0.324 e. The summed E-state index contributed by atoms with van der Waals surface area (Å²) in [5.74, 6) is 0.647. The van der Waals surface area contributed by atoms with Crippen LogP contribution in [-0.4, -0.2) is 38.4 Å². The number of piperidine rings is 1. The molecule has 2 aromatic carbocycles. The Morgan fingerprint density at radius 3 is 2.62 bits per heavy atom. The number of benzene rings is 2. The van der Waals surface area contributed by atoms with Gasteiger partial charge in [0.25, 0.3) is 0 Å². The van der Waals surface area contributed by atoms with Crippen LogP contribution in [0, 0.1) is 0 Å². The number of rotatable bonds is 3. The largest absolute Gasteiger partial charge is 0.350 e. The Balaban J connectivity index is 1.58. The van der Waals surface area contributed by atoms with E-state index in [-0.39, 0.29) is 17.6 Å². The molecule has 0 saturated carbocycles. The minimum atomic E-state index is -0.202. The topological polar surface area (TPSA) is 72.2 Å². The zero-order valence-electron chi connectivity index (χ0n) is 16.1. The smallest absolute Gasteiger partial charge is 0.324 e. The van der Waals surface area contributed by atoms with E-state index in [0.29, 0.717) is 29.6 Å². The highest BCUT2D eigenvalue weighted by Crippen LogP contribution is 2.28. The normalized spacial score (nSPS) is 16.6. The Morgan fingerprint density at radius 2 is 1.86 bits per heavy atom. The molecule has 1 aliphatic rings. The molecule has 1 fully saturated rings. The predicted molar refractivity (Wildman–Crippen MR) is 113 cm³/mol. The molecular weight excluding hydrogens is 390 g/mol. The maximum Gasteiger partial charge on any atom is 0.350 e. The van der Waals surface area contributed by atoms with Crippen LogP contribution in [0.1, 0.15) is 24.6 Å². The number of aromatic nitrogens is 3. The summed E-state index contributed by atoms with van der Waals surface area (Å²) in [5.41, 5.74) is 1.17. The summed E-state index contributed by atoms with van der Waals surface area (Å²) >= 11 is 6.16. The van der Waals surface area contributed by atoms with Gasteiger partial charge in [-0.05, 0) is 37.1 Å². The molecule has 2 heterocycles. The number of aryl methyl sites for hydroxylation is 1. The lowest BCUT2D eigenvalue weighted by Crippen LogP contribution is -2.42. The van der Waals surface area contributed by atoms with E-state index in [1.807, 2.05) is 42.5 Å². The Labute approximate surface area is 173 Å². The number of nitrogens with zero attached hydrogens (tertiary/aromatic N) is 4. The Kier molecular flexibility index (Phi) is 5.40. The molecule has 3 aromatic rings. The summed E-state index contributed by atoms with van der Waals surface area (Å²) < 4.78 is 2.99. The summed E-state index contributed by atoms with van der Waals surface area (Å²) in [7, 11) is 1.65. The first kappa shape index (κ1) is 19.3. The van der Waals surface area contributed by atoms with Crippen LogP contribution >= 0.6 is 11.6 Å². The third-order valence-electron chi connectivity index (χ3n) is 5.15. The lowest BCUT2D eigenvalue weighted by Gasteiger charge is -2.32. The first-order valence-corrected chi connectivity index (χ1v) is 9.94. The first-order chi connectivity index (χ1) is 14.0. The van der Waals surface area contributed by atoms with E-state index in [0.717, 1.165) is 18.5 Å². The molecule has 150 valence electrons. The van der Waals surface area contributed by atoms with Gasteiger partial charge in [0.1, 0.15) is 5.82 Å². The van der Waals surface area contributed by atoms with Crippen molar-refractivity contribution < 1.29 is 4.79 Å². The number of amides is 2. The molecule has 1 unspecified atom stereocenters. The number of carbonyl (C=O) groups is 1. The monoisotopic (exact) mass is 411 g/mol. The Morgan fingerprint density at radius 1 is 1.14 bits per heavy atom. The van der Waals surface area contributed by atoms with Gasteiger partial charge in [0.05, 0.1) is 16.4 Å². The third kappa shape index (κ3) is 3.91. The van der Waals surface area contributed by atoms with E-state index in [9.17, 15) is 9.59 Å². The van der Waals surface area contributed by atoms with E-state index in [4.69, 9.17) is 11.6 Å². The van der Waals surface area contributed by atoms with Gasteiger partial charge in [0, 0.05) is 26.1 Å². The van der Waals surface area contributed by atoms with Crippen molar-refractivity contribution in [2.45, 2.75) is 18.8 Å². The van der Waals surface area contributed by atoms with Gasteiger partial charge in [0.2, 0.25) is 0 Å². The van der Waals surface area contributed by atoms with Crippen molar-refractivity contribution in [3.05, 3.63) is 75.9 Å². The molecule has 1 N–H and O–H groups in total. The van der Waals surface area contributed by atoms with Crippen LogP contribution in [0.2, 0.25) is 5.02 Å². The van der Waals surface area contributed by atoms with Crippen molar-refractivity contribution in [2.24, 2.45) is 7.05 Å². The van der Waals surface area contributed by atoms with Crippen LogP contribution in [0.5, 0.6) is 0 Å². The number of nitrogens with one attached hydrogen (secondary N) is 1. The van der Waals surface area contributed by atoms with E-state index in [1.54, 1.807) is 28.6 Å². The second kappa shape index (κ2) is 8.13. The molecule has 7 nitrogen and oxygen atoms in total. The molecule has 8 heteroatoms. The van der Waals surface area contributed by atoms with Crippen molar-refractivity contribution in [3.8, 4) is 5.69 Å². The van der Waals surface area contributed by atoms with Gasteiger partial charge < -0.3 is 10.2 Å². The summed E-state index contributed by atoms with van der Waals surface area (Å²) in [4.78, 5) is 27.2. The van der Waals surface area contributed by atoms with Crippen molar-refractivity contribution in [2.75, 3.05) is 18.4 Å². The average Bonchev–Trinajstić information content (AvgIpc) is 3.05. The molecule has 2 amide bonds. The maximum atomic E-state index is 12.8. The van der Waals surface area contributed by atoms with Crippen LogP contribution in [0.25, 0.3) is 5.69 Å². The second-order valence-corrected chi connectivity index (χ2v) is 7.54. The molecule has 0 spiro atoms. The molecule has 1 aromatic heterocycles. The molecule has 0 aliphatic carbocycles. The molecule has 0 bridgehead atoms. The zero-order valence-corrected chi connectivity index (χ0v) is 16.8. The highest BCUT2D eigenvalue weighted by atomic mass is 35.5. The van der Waals surface area contributed by atoms with Crippen molar-refractivity contribution in [1.82, 2.24) is 19.2 Å². The van der Waals surface area contributed by atoms with Gasteiger partial charge in [-0.1, -0.05) is 41.9 Å². The van der Waals surface area contributed by atoms with E-state index < -0.39 is 0 Å². The summed E-state index contributed by atoms with van der Waals surface area (Å²) in [6.45, 7) is 1.13. The summed E-state index contributed by atoms with van der Waals surface area (Å²) in [6.07, 6.45) is 1.69. The quantitative estimate of drug-likeness (QED) is 0.715. The molecule has 4 rings (SSSR count). The fourth-order valence-corrected chi connectivity index (χ4v) is 3.88. The number of carbonyl (C=O) groups excluding carboxylic acids is 1. The highest BCUT2D eigenvalue weighted by Gasteiger charge is 2.30. The number of halogens is 1. The van der Waals surface area contributed by atoms with Gasteiger partial charge in [-0.3, -0.25) is 0 Å². The summed E-state index contributed by atoms with van der Waals surface area (Å²) in [5, 5.41) is 7.86. The van der Waals surface area contributed by atoms with Crippen LogP contribution < -0.4 is 11.0 Å². The average molecular weight is 412 g/mol. The number of para-hydroxylation sites is 2. The fourth-order valence-electron chi connectivity index (χ4n) is 3.70. The Hall–Kier alpha value is -3.06. The first-order valence-electron chi connectivity index (χ1n) is 9.56. The fraction of sp³-hybridized carbons (Fsp3) is 0.286. The molecular formula is C21H22ClN5O2. The molecule has 1 saturated heterocycles. The SMILES string of the molecule is Cn1nc(C2CCCN(C(=O)Nc3ccccc3Cl)C2)n(-c2ccccc2)c1=O. The number of anilines is 1. The lowest BCUT2D eigenvalue weighted by atomic mass is 9.97. The van der Waals surface area contributed by atoms with Crippen molar-refractivity contribution in [1.29, 1.82) is 0 Å². The van der Waals surface area contributed by atoms with Crippen molar-refractivity contribution >= 4 is 23.3 Å². The van der Waals surface area contributed by atoms with Crippen LogP contribution in [0.3, 0.4) is 0 Å². The number of hydrogen-bond acceptors (Lipinski definition) is 3. The van der Waals surface area contributed by atoms with Crippen LogP contribution in [0.15, 0.2) is 59.4 Å². The number of urea groups is 1. The van der Waals surface area contributed by atoms with E-state index in [1.165, 1.54) is 4.68 Å². The second-order valence-electron chi connectivity index (χ2n) is 7.13. The molecule has 1 aliphatic heterocycles. The van der Waals surface area contributed by atoms with Crippen molar-refractivity contribution in [3.63, 3.8) is 0 Å². The Bertz CT molecular complexity index is 1080. The number of hydrogen-bond donors (Lipinski definition) is 1. The van der Waals surface area contributed by atoms with Gasteiger partial charge in [-0.15, -0.1) is 0 Å². The number of likely N-dealkylation sites (tertiary alicyclic amines) is 1. The van der Waals surface area contributed by atoms with Crippen LogP contribution in [0.4, 0.5) is 10.5 Å². The summed E-state index contributed by atoms with van der Waals surface area (Å²) in [6, 6.07) is 16.4.